The minimum Gasteiger partial charge on any atom is -0.377 e. The molecular weight excluding hydrogens is 514 g/mol. The van der Waals surface area contributed by atoms with Gasteiger partial charge in [0.1, 0.15) is 12.4 Å². The zero-order valence-corrected chi connectivity index (χ0v) is 19.8. The van der Waals surface area contributed by atoms with Crippen molar-refractivity contribution < 1.29 is 4.74 Å². The number of nitrogens with one attached hydrogen (secondary N) is 2. The Morgan fingerprint density at radius 1 is 1.36 bits per heavy atom. The standard InChI is InChI=1S/C18H24Cl2N6O.HI/c1-21-18(22-9-8-13-14(19)4-3-5-15(13)20)23-12-6-7-17-24-16(11-27-2)25-26(17)10-12;/h3-5,12H,6-11H2,1-2H3,(H2,21,22,23);1H. The molecule has 1 aromatic heterocycles. The van der Waals surface area contributed by atoms with Crippen LogP contribution in [-0.2, 0) is 30.7 Å². The van der Waals surface area contributed by atoms with Crippen LogP contribution in [0.3, 0.4) is 0 Å². The molecule has 7 nitrogen and oxygen atoms in total. The van der Waals surface area contributed by atoms with Gasteiger partial charge in [-0.15, -0.1) is 24.0 Å². The number of halogens is 3. The van der Waals surface area contributed by atoms with Crippen LogP contribution >= 0.6 is 47.2 Å². The lowest BCUT2D eigenvalue weighted by Gasteiger charge is -2.25. The molecule has 0 saturated carbocycles. The summed E-state index contributed by atoms with van der Waals surface area (Å²) >= 11 is 12.4. The van der Waals surface area contributed by atoms with E-state index in [0.717, 1.165) is 49.0 Å². The van der Waals surface area contributed by atoms with E-state index in [0.29, 0.717) is 23.2 Å². The second kappa shape index (κ2) is 11.2. The maximum atomic E-state index is 6.22. The van der Waals surface area contributed by atoms with Crippen LogP contribution < -0.4 is 10.6 Å². The van der Waals surface area contributed by atoms with Gasteiger partial charge in [0, 0.05) is 43.2 Å². The number of nitrogens with zero attached hydrogens (tertiary/aromatic N) is 4. The molecule has 0 bridgehead atoms. The lowest BCUT2D eigenvalue weighted by molar-refractivity contribution is 0.177. The first-order valence-electron chi connectivity index (χ1n) is 8.92. The highest BCUT2D eigenvalue weighted by Crippen LogP contribution is 2.24. The minimum absolute atomic E-state index is 0. The number of aliphatic imine (C=N–C) groups is 1. The van der Waals surface area contributed by atoms with Gasteiger partial charge in [-0.3, -0.25) is 4.99 Å². The van der Waals surface area contributed by atoms with Gasteiger partial charge < -0.3 is 15.4 Å². The van der Waals surface area contributed by atoms with Crippen molar-refractivity contribution in [1.29, 1.82) is 0 Å². The molecule has 0 amide bonds. The molecule has 10 heteroatoms. The zero-order chi connectivity index (χ0) is 19.2. The summed E-state index contributed by atoms with van der Waals surface area (Å²) in [4.78, 5) is 8.81. The van der Waals surface area contributed by atoms with Crippen LogP contribution in [0.1, 0.15) is 23.6 Å². The van der Waals surface area contributed by atoms with Gasteiger partial charge in [-0.2, -0.15) is 5.10 Å². The molecule has 0 spiro atoms. The molecule has 28 heavy (non-hydrogen) atoms. The molecule has 2 N–H and O–H groups in total. The molecule has 0 radical (unpaired) electrons. The highest BCUT2D eigenvalue weighted by atomic mass is 127. The Labute approximate surface area is 192 Å². The Bertz CT molecular complexity index is 793. The van der Waals surface area contributed by atoms with Gasteiger partial charge in [-0.05, 0) is 30.5 Å². The summed E-state index contributed by atoms with van der Waals surface area (Å²) in [5.41, 5.74) is 0.944. The average Bonchev–Trinajstić information content (AvgIpc) is 3.05. The molecule has 0 fully saturated rings. The maximum Gasteiger partial charge on any atom is 0.191 e. The Morgan fingerprint density at radius 3 is 2.79 bits per heavy atom. The highest BCUT2D eigenvalue weighted by Gasteiger charge is 2.22. The van der Waals surface area contributed by atoms with Crippen molar-refractivity contribution in [2.24, 2.45) is 4.99 Å². The van der Waals surface area contributed by atoms with Gasteiger partial charge in [-0.1, -0.05) is 29.3 Å². The number of aryl methyl sites for hydroxylation is 1. The average molecular weight is 539 g/mol. The van der Waals surface area contributed by atoms with Crippen LogP contribution in [0.2, 0.25) is 10.0 Å². The number of hydrogen-bond acceptors (Lipinski definition) is 4. The number of aromatic nitrogens is 3. The quantitative estimate of drug-likeness (QED) is 0.336. The third kappa shape index (κ3) is 5.95. The third-order valence-corrected chi connectivity index (χ3v) is 5.18. The van der Waals surface area contributed by atoms with E-state index >= 15 is 0 Å². The van der Waals surface area contributed by atoms with Gasteiger partial charge in [0.15, 0.2) is 11.8 Å². The largest absolute Gasteiger partial charge is 0.377 e. The van der Waals surface area contributed by atoms with E-state index in [1.165, 1.54) is 0 Å². The molecule has 2 aromatic rings. The van der Waals surface area contributed by atoms with Gasteiger partial charge in [0.2, 0.25) is 0 Å². The number of methoxy groups -OCH3 is 1. The second-order valence-electron chi connectivity index (χ2n) is 6.39. The van der Waals surface area contributed by atoms with Gasteiger partial charge in [-0.25, -0.2) is 9.67 Å². The summed E-state index contributed by atoms with van der Waals surface area (Å²) < 4.78 is 7.06. The van der Waals surface area contributed by atoms with Crippen LogP contribution in [0.5, 0.6) is 0 Å². The first-order chi connectivity index (χ1) is 13.1. The van der Waals surface area contributed by atoms with Gasteiger partial charge >= 0.3 is 0 Å². The van der Waals surface area contributed by atoms with Crippen molar-refractivity contribution in [3.05, 3.63) is 45.5 Å². The van der Waals surface area contributed by atoms with E-state index in [9.17, 15) is 0 Å². The number of benzene rings is 1. The van der Waals surface area contributed by atoms with Crippen LogP contribution in [0.15, 0.2) is 23.2 Å². The normalized spacial score (nSPS) is 16.3. The molecule has 2 heterocycles. The van der Waals surface area contributed by atoms with Crippen LogP contribution in [0.25, 0.3) is 0 Å². The minimum atomic E-state index is 0. The van der Waals surface area contributed by atoms with Crippen molar-refractivity contribution in [2.75, 3.05) is 20.7 Å². The Hall–Kier alpha value is -1.10. The fraction of sp³-hybridized carbons (Fsp3) is 0.500. The molecule has 1 aliphatic rings. The van der Waals surface area contributed by atoms with Crippen molar-refractivity contribution in [1.82, 2.24) is 25.4 Å². The van der Waals surface area contributed by atoms with Crippen molar-refractivity contribution >= 4 is 53.1 Å². The molecule has 1 atom stereocenters. The third-order valence-electron chi connectivity index (χ3n) is 4.47. The topological polar surface area (TPSA) is 76.4 Å². The molecule has 1 unspecified atom stereocenters. The van der Waals surface area contributed by atoms with E-state index in [2.05, 4.69) is 25.7 Å². The lowest BCUT2D eigenvalue weighted by atomic mass is 10.1. The van der Waals surface area contributed by atoms with E-state index < -0.39 is 0 Å². The summed E-state index contributed by atoms with van der Waals surface area (Å²) in [5.74, 6) is 2.49. The summed E-state index contributed by atoms with van der Waals surface area (Å²) in [6.07, 6.45) is 2.57. The van der Waals surface area contributed by atoms with E-state index in [-0.39, 0.29) is 30.0 Å². The Balaban J connectivity index is 0.00000280. The van der Waals surface area contributed by atoms with Crippen LogP contribution in [0, 0.1) is 0 Å². The molecule has 0 saturated heterocycles. The van der Waals surface area contributed by atoms with Gasteiger partial charge in [0.25, 0.3) is 0 Å². The molecule has 3 rings (SSSR count). The number of guanidine groups is 1. The van der Waals surface area contributed by atoms with Gasteiger partial charge in [0.05, 0.1) is 6.54 Å². The fourth-order valence-corrected chi connectivity index (χ4v) is 3.72. The summed E-state index contributed by atoms with van der Waals surface area (Å²) in [6, 6.07) is 5.79. The first-order valence-corrected chi connectivity index (χ1v) is 9.68. The number of fused-ring (bicyclic) bond motifs is 1. The summed E-state index contributed by atoms with van der Waals surface area (Å²) in [5, 5.41) is 12.6. The molecule has 1 aromatic carbocycles. The molecule has 1 aliphatic heterocycles. The molecule has 0 aliphatic carbocycles. The summed E-state index contributed by atoms with van der Waals surface area (Å²) in [7, 11) is 3.41. The molecular formula is C18H25Cl2IN6O. The fourth-order valence-electron chi connectivity index (χ4n) is 3.13. The second-order valence-corrected chi connectivity index (χ2v) is 7.20. The first kappa shape index (κ1) is 23.2. The van der Waals surface area contributed by atoms with Crippen LogP contribution in [0.4, 0.5) is 0 Å². The predicted octanol–water partition coefficient (Wildman–Crippen LogP) is 3.07. The SMILES string of the molecule is CN=C(NCCc1c(Cl)cccc1Cl)NC1CCc2nc(COC)nn2C1.I. The number of ether oxygens (including phenoxy) is 1. The number of hydrogen-bond donors (Lipinski definition) is 2. The van der Waals surface area contributed by atoms with Crippen molar-refractivity contribution in [3.8, 4) is 0 Å². The van der Waals surface area contributed by atoms with E-state index in [1.807, 2.05) is 22.9 Å². The van der Waals surface area contributed by atoms with Crippen molar-refractivity contribution in [3.63, 3.8) is 0 Å². The Morgan fingerprint density at radius 2 is 2.11 bits per heavy atom. The lowest BCUT2D eigenvalue weighted by Crippen LogP contribution is -2.47. The van der Waals surface area contributed by atoms with Crippen molar-refractivity contribution in [2.45, 2.75) is 38.5 Å². The monoisotopic (exact) mass is 538 g/mol. The van der Waals surface area contributed by atoms with E-state index in [1.54, 1.807) is 14.2 Å². The predicted molar refractivity (Wildman–Crippen MR) is 123 cm³/mol. The number of rotatable bonds is 6. The summed E-state index contributed by atoms with van der Waals surface area (Å²) in [6.45, 7) is 1.87. The van der Waals surface area contributed by atoms with Crippen LogP contribution in [-0.4, -0.2) is 47.5 Å². The highest BCUT2D eigenvalue weighted by molar-refractivity contribution is 14.0. The zero-order valence-electron chi connectivity index (χ0n) is 15.9. The molecule has 154 valence electrons. The van der Waals surface area contributed by atoms with E-state index in [4.69, 9.17) is 27.9 Å². The maximum absolute atomic E-state index is 6.22. The smallest absolute Gasteiger partial charge is 0.191 e. The Kier molecular flexibility index (Phi) is 9.26.